The predicted octanol–water partition coefficient (Wildman–Crippen LogP) is 2.24. The van der Waals surface area contributed by atoms with Gasteiger partial charge in [-0.25, -0.2) is 9.59 Å². The topological polar surface area (TPSA) is 93.2 Å². The summed E-state index contributed by atoms with van der Waals surface area (Å²) < 4.78 is 5.28. The van der Waals surface area contributed by atoms with Gasteiger partial charge in [0.2, 0.25) is 0 Å². The van der Waals surface area contributed by atoms with E-state index in [-0.39, 0.29) is 17.0 Å². The van der Waals surface area contributed by atoms with Gasteiger partial charge in [-0.15, -0.1) is 0 Å². The Labute approximate surface area is 157 Å². The predicted molar refractivity (Wildman–Crippen MR) is 93.5 cm³/mol. The zero-order chi connectivity index (χ0) is 19.9. The molecule has 0 bridgehead atoms. The molecule has 2 heterocycles. The van der Waals surface area contributed by atoms with E-state index in [4.69, 9.17) is 9.57 Å². The highest BCUT2D eigenvalue weighted by molar-refractivity contribution is 6.20. The van der Waals surface area contributed by atoms with E-state index in [0.717, 1.165) is 0 Å². The third-order valence-corrected chi connectivity index (χ3v) is 4.58. The highest BCUT2D eigenvalue weighted by atomic mass is 16.7. The summed E-state index contributed by atoms with van der Waals surface area (Å²) in [6.07, 6.45) is -0.431. The van der Waals surface area contributed by atoms with Gasteiger partial charge in [-0.05, 0) is 32.9 Å². The second kappa shape index (κ2) is 6.68. The van der Waals surface area contributed by atoms with E-state index in [9.17, 15) is 19.2 Å². The average molecular weight is 374 g/mol. The minimum absolute atomic E-state index is 0.125. The minimum Gasteiger partial charge on any atom is -0.444 e. The fraction of sp³-hybridized carbons (Fsp3) is 0.474. The molecule has 1 fully saturated rings. The molecule has 2 aliphatic rings. The van der Waals surface area contributed by atoms with Crippen molar-refractivity contribution < 1.29 is 28.8 Å². The van der Waals surface area contributed by atoms with Crippen molar-refractivity contribution >= 4 is 23.9 Å². The Kier molecular flexibility index (Phi) is 4.67. The molecule has 8 nitrogen and oxygen atoms in total. The number of fused-ring (bicyclic) bond motifs is 1. The first-order valence-corrected chi connectivity index (χ1v) is 8.76. The van der Waals surface area contributed by atoms with Gasteiger partial charge >= 0.3 is 12.1 Å². The van der Waals surface area contributed by atoms with Gasteiger partial charge in [0.1, 0.15) is 5.60 Å². The molecule has 1 aromatic rings. The summed E-state index contributed by atoms with van der Waals surface area (Å²) in [6.45, 7) is 7.71. The van der Waals surface area contributed by atoms with Crippen LogP contribution in [-0.2, 0) is 14.4 Å². The lowest BCUT2D eigenvalue weighted by Gasteiger charge is -2.41. The molecule has 3 amide bonds. The number of hydroxylamine groups is 2. The number of nitrogens with zero attached hydrogens (tertiary/aromatic N) is 2. The Balaban J connectivity index is 1.55. The maximum absolute atomic E-state index is 12.4. The Hall–Kier alpha value is -2.90. The number of hydrogen-bond donors (Lipinski definition) is 0. The Morgan fingerprint density at radius 3 is 2.07 bits per heavy atom. The molecule has 27 heavy (non-hydrogen) atoms. The molecule has 1 saturated heterocycles. The highest BCUT2D eigenvalue weighted by Gasteiger charge is 2.43. The van der Waals surface area contributed by atoms with Crippen LogP contribution in [0.4, 0.5) is 4.79 Å². The van der Waals surface area contributed by atoms with Crippen molar-refractivity contribution in [2.45, 2.75) is 33.3 Å². The number of carbonyl (C=O) groups is 4. The van der Waals surface area contributed by atoms with Crippen molar-refractivity contribution in [3.8, 4) is 0 Å². The quantitative estimate of drug-likeness (QED) is 0.754. The SMILES string of the molecule is CC(C(=O)ON1C(=O)c2ccccc2C1=O)C1CN(C(=O)OC(C)(C)C)C1. The summed E-state index contributed by atoms with van der Waals surface area (Å²) in [7, 11) is 0. The van der Waals surface area contributed by atoms with Gasteiger partial charge in [0, 0.05) is 19.0 Å². The standard InChI is InChI=1S/C19H22N2O6/c1-11(12-9-20(10-12)18(25)26-19(2,3)4)17(24)27-21-15(22)13-7-5-6-8-14(13)16(21)23/h5-8,11-12H,9-10H2,1-4H3. The summed E-state index contributed by atoms with van der Waals surface area (Å²) in [5.74, 6) is -2.69. The van der Waals surface area contributed by atoms with Crippen molar-refractivity contribution in [2.24, 2.45) is 11.8 Å². The number of hydrogen-bond acceptors (Lipinski definition) is 6. The summed E-state index contributed by atoms with van der Waals surface area (Å²) >= 11 is 0. The lowest BCUT2D eigenvalue weighted by atomic mass is 9.87. The molecular weight excluding hydrogens is 352 g/mol. The van der Waals surface area contributed by atoms with E-state index in [0.29, 0.717) is 18.2 Å². The van der Waals surface area contributed by atoms with E-state index >= 15 is 0 Å². The van der Waals surface area contributed by atoms with Crippen molar-refractivity contribution in [3.05, 3.63) is 35.4 Å². The number of rotatable bonds is 3. The molecule has 1 atom stereocenters. The zero-order valence-corrected chi connectivity index (χ0v) is 15.7. The minimum atomic E-state index is -0.682. The van der Waals surface area contributed by atoms with Crippen LogP contribution in [0, 0.1) is 11.8 Å². The fourth-order valence-corrected chi connectivity index (χ4v) is 2.92. The van der Waals surface area contributed by atoms with Crippen molar-refractivity contribution in [1.29, 1.82) is 0 Å². The van der Waals surface area contributed by atoms with Crippen LogP contribution in [0.5, 0.6) is 0 Å². The van der Waals surface area contributed by atoms with Crippen LogP contribution in [-0.4, -0.2) is 52.5 Å². The first kappa shape index (κ1) is 18.9. The second-order valence-corrected chi connectivity index (χ2v) is 7.79. The molecule has 0 saturated carbocycles. The van der Waals surface area contributed by atoms with Crippen LogP contribution in [0.3, 0.4) is 0 Å². The molecule has 0 aliphatic carbocycles. The first-order valence-electron chi connectivity index (χ1n) is 8.76. The molecule has 1 aromatic carbocycles. The van der Waals surface area contributed by atoms with Gasteiger partial charge in [-0.2, -0.15) is 0 Å². The highest BCUT2D eigenvalue weighted by Crippen LogP contribution is 2.28. The fourth-order valence-electron chi connectivity index (χ4n) is 2.92. The summed E-state index contributed by atoms with van der Waals surface area (Å²) in [5, 5.41) is 0.508. The molecule has 8 heteroatoms. The van der Waals surface area contributed by atoms with Crippen molar-refractivity contribution in [2.75, 3.05) is 13.1 Å². The molecule has 144 valence electrons. The number of benzene rings is 1. The van der Waals surface area contributed by atoms with E-state index < -0.39 is 35.4 Å². The summed E-state index contributed by atoms with van der Waals surface area (Å²) in [5.41, 5.74) is -0.163. The van der Waals surface area contributed by atoms with E-state index in [2.05, 4.69) is 0 Å². The largest absolute Gasteiger partial charge is 0.444 e. The maximum Gasteiger partial charge on any atom is 0.410 e. The second-order valence-electron chi connectivity index (χ2n) is 7.79. The maximum atomic E-state index is 12.4. The third kappa shape index (κ3) is 3.65. The number of likely N-dealkylation sites (tertiary alicyclic amines) is 1. The summed E-state index contributed by atoms with van der Waals surface area (Å²) in [4.78, 5) is 55.4. The molecule has 0 radical (unpaired) electrons. The monoisotopic (exact) mass is 374 g/mol. The van der Waals surface area contributed by atoms with Crippen LogP contribution < -0.4 is 0 Å². The first-order chi connectivity index (χ1) is 12.6. The average Bonchev–Trinajstić information content (AvgIpc) is 2.77. The molecule has 0 N–H and O–H groups in total. The van der Waals surface area contributed by atoms with Crippen LogP contribution >= 0.6 is 0 Å². The van der Waals surface area contributed by atoms with Gasteiger partial charge in [-0.3, -0.25) is 9.59 Å². The van der Waals surface area contributed by atoms with Crippen LogP contribution in [0.2, 0.25) is 0 Å². The zero-order valence-electron chi connectivity index (χ0n) is 15.7. The van der Waals surface area contributed by atoms with Crippen LogP contribution in [0.15, 0.2) is 24.3 Å². The van der Waals surface area contributed by atoms with Gasteiger partial charge in [0.05, 0.1) is 17.0 Å². The lowest BCUT2D eigenvalue weighted by Crippen LogP contribution is -2.55. The van der Waals surface area contributed by atoms with Gasteiger partial charge in [-0.1, -0.05) is 24.1 Å². The molecule has 2 aliphatic heterocycles. The molecule has 0 aromatic heterocycles. The molecule has 3 rings (SSSR count). The van der Waals surface area contributed by atoms with Crippen LogP contribution in [0.25, 0.3) is 0 Å². The van der Waals surface area contributed by atoms with Crippen molar-refractivity contribution in [1.82, 2.24) is 9.96 Å². The Morgan fingerprint density at radius 2 is 1.59 bits per heavy atom. The third-order valence-electron chi connectivity index (χ3n) is 4.58. The smallest absolute Gasteiger partial charge is 0.410 e. The van der Waals surface area contributed by atoms with Crippen molar-refractivity contribution in [3.63, 3.8) is 0 Å². The summed E-state index contributed by atoms with van der Waals surface area (Å²) in [6, 6.07) is 6.30. The molecule has 0 spiro atoms. The lowest BCUT2D eigenvalue weighted by molar-refractivity contribution is -0.177. The van der Waals surface area contributed by atoms with E-state index in [1.54, 1.807) is 39.8 Å². The normalized spacial score (nSPS) is 18.1. The van der Waals surface area contributed by atoms with Gasteiger partial charge < -0.3 is 14.5 Å². The number of imide groups is 1. The molecule has 1 unspecified atom stereocenters. The Bertz CT molecular complexity index is 772. The van der Waals surface area contributed by atoms with Gasteiger partial charge in [0.15, 0.2) is 0 Å². The number of carbonyl (C=O) groups excluding carboxylic acids is 4. The number of ether oxygens (including phenoxy) is 1. The van der Waals surface area contributed by atoms with E-state index in [1.165, 1.54) is 17.0 Å². The van der Waals surface area contributed by atoms with Gasteiger partial charge in [0.25, 0.3) is 11.8 Å². The van der Waals surface area contributed by atoms with Crippen LogP contribution in [0.1, 0.15) is 48.4 Å². The van der Waals surface area contributed by atoms with E-state index in [1.807, 2.05) is 0 Å². The Morgan fingerprint density at radius 1 is 1.07 bits per heavy atom. The molecular formula is C19H22N2O6. The number of amides is 3.